The smallest absolute Gasteiger partial charge is 0.317 e. The number of nitrogens with one attached hydrogen (secondary N) is 3. The minimum Gasteiger partial charge on any atom is -0.480 e. The molecule has 0 spiro atoms. The summed E-state index contributed by atoms with van der Waals surface area (Å²) in [6.45, 7) is 10.6. The highest BCUT2D eigenvalue weighted by molar-refractivity contribution is 5.68. The average molecular weight is 317 g/mol. The number of aliphatic carboxylic acids is 1. The van der Waals surface area contributed by atoms with Crippen molar-refractivity contribution in [1.82, 2.24) is 16.0 Å². The van der Waals surface area contributed by atoms with Gasteiger partial charge in [0.1, 0.15) is 0 Å². The van der Waals surface area contributed by atoms with Gasteiger partial charge in [-0.25, -0.2) is 0 Å². The second-order valence-corrected chi connectivity index (χ2v) is 4.75. The summed E-state index contributed by atoms with van der Waals surface area (Å²) in [5.74, 6) is -0.826. The van der Waals surface area contributed by atoms with E-state index >= 15 is 0 Å². The zero-order valence-electron chi connectivity index (χ0n) is 13.4. The predicted octanol–water partition coefficient (Wildman–Crippen LogP) is -0.161. The van der Waals surface area contributed by atoms with E-state index in [0.717, 1.165) is 58.8 Å². The van der Waals surface area contributed by atoms with Crippen LogP contribution < -0.4 is 16.0 Å². The van der Waals surface area contributed by atoms with Crippen LogP contribution in [-0.2, 0) is 14.3 Å². The Morgan fingerprint density at radius 3 is 2.18 bits per heavy atom. The number of carbonyl (C=O) groups is 1. The second-order valence-electron chi connectivity index (χ2n) is 4.75. The molecule has 0 aromatic rings. The second kappa shape index (κ2) is 18.1. The Balaban J connectivity index is 2.97. The molecule has 0 aromatic carbocycles. The molecule has 130 valence electrons. The maximum Gasteiger partial charge on any atom is 0.317 e. The first-order chi connectivity index (χ1) is 10.8. The summed E-state index contributed by atoms with van der Waals surface area (Å²) in [5.41, 5.74) is 0. The van der Waals surface area contributed by atoms with E-state index in [9.17, 15) is 4.79 Å². The molecule has 7 heteroatoms. The van der Waals surface area contributed by atoms with Gasteiger partial charge in [-0.15, -0.1) is 6.58 Å². The zero-order chi connectivity index (χ0) is 16.3. The molecule has 22 heavy (non-hydrogen) atoms. The fraction of sp³-hybridized carbons (Fsp3) is 0.800. The highest BCUT2D eigenvalue weighted by Gasteiger charge is 1.94. The summed E-state index contributed by atoms with van der Waals surface area (Å²) >= 11 is 0. The van der Waals surface area contributed by atoms with Crippen LogP contribution in [0.3, 0.4) is 0 Å². The molecule has 0 bridgehead atoms. The van der Waals surface area contributed by atoms with Gasteiger partial charge in [-0.3, -0.25) is 4.79 Å². The van der Waals surface area contributed by atoms with Crippen molar-refractivity contribution >= 4 is 5.97 Å². The minimum atomic E-state index is -0.826. The maximum atomic E-state index is 10.2. The molecule has 0 rings (SSSR count). The molecule has 0 amide bonds. The maximum absolute atomic E-state index is 10.2. The summed E-state index contributed by atoms with van der Waals surface area (Å²) < 4.78 is 10.7. The molecule has 7 nitrogen and oxygen atoms in total. The molecule has 0 fully saturated rings. The first-order valence-electron chi connectivity index (χ1n) is 7.87. The molecule has 0 saturated carbocycles. The van der Waals surface area contributed by atoms with Crippen LogP contribution in [0.4, 0.5) is 0 Å². The van der Waals surface area contributed by atoms with Crippen LogP contribution in [0.25, 0.3) is 0 Å². The molecule has 0 aliphatic heterocycles. The normalized spacial score (nSPS) is 10.7. The Morgan fingerprint density at radius 2 is 1.50 bits per heavy atom. The topological polar surface area (TPSA) is 91.9 Å². The van der Waals surface area contributed by atoms with Crippen molar-refractivity contribution in [2.24, 2.45) is 0 Å². The lowest BCUT2D eigenvalue weighted by Crippen LogP contribution is -2.34. The number of hydrogen-bond donors (Lipinski definition) is 4. The van der Waals surface area contributed by atoms with Gasteiger partial charge < -0.3 is 30.5 Å². The third kappa shape index (κ3) is 19.0. The van der Waals surface area contributed by atoms with E-state index in [4.69, 9.17) is 14.6 Å². The number of rotatable bonds is 18. The Bertz CT molecular complexity index is 265. The third-order valence-electron chi connectivity index (χ3n) is 2.69. The van der Waals surface area contributed by atoms with Crippen molar-refractivity contribution in [3.63, 3.8) is 0 Å². The van der Waals surface area contributed by atoms with Crippen molar-refractivity contribution in [1.29, 1.82) is 0 Å². The first-order valence-corrected chi connectivity index (χ1v) is 7.87. The number of ether oxygens (including phenoxy) is 2. The molecule has 0 aliphatic rings. The van der Waals surface area contributed by atoms with E-state index in [1.807, 2.05) is 0 Å². The van der Waals surface area contributed by atoms with Gasteiger partial charge in [0, 0.05) is 46.0 Å². The summed E-state index contributed by atoms with van der Waals surface area (Å²) in [5, 5.41) is 17.8. The number of carboxylic acids is 1. The molecule has 0 aromatic heterocycles. The largest absolute Gasteiger partial charge is 0.480 e. The van der Waals surface area contributed by atoms with Crippen LogP contribution in [0, 0.1) is 0 Å². The van der Waals surface area contributed by atoms with Crippen molar-refractivity contribution in [3.05, 3.63) is 12.7 Å². The zero-order valence-corrected chi connectivity index (χ0v) is 13.4. The fourth-order valence-electron chi connectivity index (χ4n) is 1.63. The van der Waals surface area contributed by atoms with Gasteiger partial charge in [-0.1, -0.05) is 6.08 Å². The van der Waals surface area contributed by atoms with Crippen molar-refractivity contribution in [2.45, 2.75) is 12.8 Å². The lowest BCUT2D eigenvalue weighted by molar-refractivity contribution is -0.135. The molecule has 0 radical (unpaired) electrons. The van der Waals surface area contributed by atoms with E-state index < -0.39 is 5.97 Å². The highest BCUT2D eigenvalue weighted by atomic mass is 16.5. The van der Waals surface area contributed by atoms with Gasteiger partial charge >= 0.3 is 5.97 Å². The Hall–Kier alpha value is -0.990. The Morgan fingerprint density at radius 1 is 0.909 bits per heavy atom. The quantitative estimate of drug-likeness (QED) is 0.206. The van der Waals surface area contributed by atoms with E-state index in [1.54, 1.807) is 6.08 Å². The molecular formula is C15H31N3O4. The lowest BCUT2D eigenvalue weighted by Gasteiger charge is -2.07. The monoisotopic (exact) mass is 317 g/mol. The van der Waals surface area contributed by atoms with Crippen LogP contribution in [-0.4, -0.2) is 76.8 Å². The van der Waals surface area contributed by atoms with Crippen LogP contribution >= 0.6 is 0 Å². The predicted molar refractivity (Wildman–Crippen MR) is 87.3 cm³/mol. The highest BCUT2D eigenvalue weighted by Crippen LogP contribution is 1.87. The minimum absolute atomic E-state index is 0.0142. The van der Waals surface area contributed by atoms with Crippen molar-refractivity contribution < 1.29 is 19.4 Å². The van der Waals surface area contributed by atoms with E-state index in [0.29, 0.717) is 13.2 Å². The van der Waals surface area contributed by atoms with Crippen LogP contribution in [0.5, 0.6) is 0 Å². The van der Waals surface area contributed by atoms with E-state index in [-0.39, 0.29) is 6.54 Å². The molecule has 0 atom stereocenters. The molecule has 4 N–H and O–H groups in total. The van der Waals surface area contributed by atoms with Crippen molar-refractivity contribution in [2.75, 3.05) is 65.7 Å². The van der Waals surface area contributed by atoms with E-state index in [2.05, 4.69) is 22.5 Å². The number of carboxylic acid groups (broad SMARTS) is 1. The van der Waals surface area contributed by atoms with Gasteiger partial charge in [0.25, 0.3) is 0 Å². The third-order valence-corrected chi connectivity index (χ3v) is 2.69. The molecule has 0 unspecified atom stereocenters. The van der Waals surface area contributed by atoms with Gasteiger partial charge in [0.05, 0.1) is 13.2 Å². The summed E-state index contributed by atoms with van der Waals surface area (Å²) in [6.07, 6.45) is 3.66. The Labute approximate surface area is 133 Å². The van der Waals surface area contributed by atoms with Crippen LogP contribution in [0.1, 0.15) is 12.8 Å². The summed E-state index contributed by atoms with van der Waals surface area (Å²) in [4.78, 5) is 10.2. The standard InChI is InChI=1S/C15H31N3O4/c1-2-10-21-12-4-13-22-11-3-5-16-6-7-17-8-9-18-14-15(19)20/h2,16-18H,1,3-14H2,(H,19,20). The SMILES string of the molecule is C=CCOCCCOCCCNCCNCCNCC(=O)O. The number of hydrogen-bond acceptors (Lipinski definition) is 6. The molecule has 0 heterocycles. The van der Waals surface area contributed by atoms with Gasteiger partial charge in [-0.2, -0.15) is 0 Å². The average Bonchev–Trinajstić information content (AvgIpc) is 2.50. The van der Waals surface area contributed by atoms with E-state index in [1.165, 1.54) is 0 Å². The molecule has 0 saturated heterocycles. The van der Waals surface area contributed by atoms with Gasteiger partial charge in [0.2, 0.25) is 0 Å². The summed E-state index contributed by atoms with van der Waals surface area (Å²) in [7, 11) is 0. The van der Waals surface area contributed by atoms with Gasteiger partial charge in [-0.05, 0) is 19.4 Å². The van der Waals surface area contributed by atoms with Gasteiger partial charge in [0.15, 0.2) is 0 Å². The van der Waals surface area contributed by atoms with Crippen LogP contribution in [0.15, 0.2) is 12.7 Å². The first kappa shape index (κ1) is 21.0. The Kier molecular flexibility index (Phi) is 17.2. The molecule has 0 aliphatic carbocycles. The lowest BCUT2D eigenvalue weighted by atomic mass is 10.4. The fourth-order valence-corrected chi connectivity index (χ4v) is 1.63. The summed E-state index contributed by atoms with van der Waals surface area (Å²) in [6, 6.07) is 0. The van der Waals surface area contributed by atoms with Crippen LogP contribution in [0.2, 0.25) is 0 Å². The van der Waals surface area contributed by atoms with Crippen molar-refractivity contribution in [3.8, 4) is 0 Å². The molecular weight excluding hydrogens is 286 g/mol.